The monoisotopic (exact) mass is 401 g/mol. The number of nitrogens with two attached hydrogens (primary N) is 1. The van der Waals surface area contributed by atoms with Gasteiger partial charge in [0.05, 0.1) is 16.9 Å². The zero-order valence-corrected chi connectivity index (χ0v) is 16.5. The molecule has 1 fully saturated rings. The van der Waals surface area contributed by atoms with Crippen LogP contribution in [0.1, 0.15) is 23.2 Å². The van der Waals surface area contributed by atoms with Gasteiger partial charge in [0.25, 0.3) is 5.91 Å². The van der Waals surface area contributed by atoms with Gasteiger partial charge in [0.2, 0.25) is 5.91 Å². The van der Waals surface area contributed by atoms with Gasteiger partial charge in [-0.2, -0.15) is 0 Å². The van der Waals surface area contributed by atoms with Crippen molar-refractivity contribution in [3.8, 4) is 11.3 Å². The van der Waals surface area contributed by atoms with Crippen LogP contribution in [0.5, 0.6) is 0 Å². The zero-order chi connectivity index (χ0) is 20.9. The van der Waals surface area contributed by atoms with Gasteiger partial charge in [-0.05, 0) is 25.0 Å². The number of hydrogen-bond donors (Lipinski definition) is 2. The van der Waals surface area contributed by atoms with Crippen molar-refractivity contribution in [2.24, 2.45) is 11.7 Å². The van der Waals surface area contributed by atoms with Gasteiger partial charge in [-0.1, -0.05) is 42.5 Å². The molecule has 152 valence electrons. The quantitative estimate of drug-likeness (QED) is 0.684. The molecule has 7 heteroatoms. The van der Waals surface area contributed by atoms with Gasteiger partial charge < -0.3 is 16.0 Å². The van der Waals surface area contributed by atoms with Crippen molar-refractivity contribution in [3.63, 3.8) is 0 Å². The topological polar surface area (TPSA) is 101 Å². The maximum Gasteiger partial charge on any atom is 0.250 e. The molecule has 2 aromatic carbocycles. The molecule has 0 radical (unpaired) electrons. The molecule has 0 spiro atoms. The van der Waals surface area contributed by atoms with Crippen LogP contribution < -0.4 is 16.0 Å². The van der Waals surface area contributed by atoms with Crippen molar-refractivity contribution in [3.05, 3.63) is 72.6 Å². The summed E-state index contributed by atoms with van der Waals surface area (Å²) in [6.07, 6.45) is 2.99. The number of piperidine rings is 1. The third-order valence-corrected chi connectivity index (χ3v) is 5.36. The number of para-hydroxylation sites is 1. The molecule has 3 N–H and O–H groups in total. The fourth-order valence-electron chi connectivity index (χ4n) is 3.70. The summed E-state index contributed by atoms with van der Waals surface area (Å²) >= 11 is 0. The van der Waals surface area contributed by atoms with Gasteiger partial charge in [0, 0.05) is 30.6 Å². The van der Waals surface area contributed by atoms with Gasteiger partial charge in [0.1, 0.15) is 12.1 Å². The second-order valence-electron chi connectivity index (χ2n) is 7.29. The summed E-state index contributed by atoms with van der Waals surface area (Å²) in [6, 6.07) is 18.8. The Kier molecular flexibility index (Phi) is 5.70. The Morgan fingerprint density at radius 1 is 0.967 bits per heavy atom. The molecule has 30 heavy (non-hydrogen) atoms. The number of aromatic nitrogens is 2. The number of carbonyl (C=O) groups excluding carboxylic acids is 2. The first-order valence-corrected chi connectivity index (χ1v) is 9.94. The lowest BCUT2D eigenvalue weighted by Crippen LogP contribution is -2.38. The molecular weight excluding hydrogens is 378 g/mol. The van der Waals surface area contributed by atoms with E-state index in [1.165, 1.54) is 0 Å². The molecule has 3 aromatic rings. The summed E-state index contributed by atoms with van der Waals surface area (Å²) in [4.78, 5) is 35.3. The highest BCUT2D eigenvalue weighted by Gasteiger charge is 2.26. The number of primary amides is 1. The third-order valence-electron chi connectivity index (χ3n) is 5.36. The average Bonchev–Trinajstić information content (AvgIpc) is 2.80. The van der Waals surface area contributed by atoms with E-state index >= 15 is 0 Å². The summed E-state index contributed by atoms with van der Waals surface area (Å²) in [5, 5.41) is 2.86. The molecule has 4 rings (SSSR count). The molecule has 0 saturated carbocycles. The van der Waals surface area contributed by atoms with Gasteiger partial charge in [-0.25, -0.2) is 9.97 Å². The molecule has 1 saturated heterocycles. The predicted octanol–water partition coefficient (Wildman–Crippen LogP) is 3.10. The van der Waals surface area contributed by atoms with E-state index in [2.05, 4.69) is 20.2 Å². The maximum atomic E-state index is 12.7. The highest BCUT2D eigenvalue weighted by atomic mass is 16.2. The number of rotatable bonds is 5. The van der Waals surface area contributed by atoms with Crippen LogP contribution in [-0.4, -0.2) is 34.9 Å². The van der Waals surface area contributed by atoms with Gasteiger partial charge in [-0.15, -0.1) is 0 Å². The van der Waals surface area contributed by atoms with E-state index in [0.29, 0.717) is 24.1 Å². The van der Waals surface area contributed by atoms with Crippen LogP contribution in [0.3, 0.4) is 0 Å². The van der Waals surface area contributed by atoms with Crippen LogP contribution in [-0.2, 0) is 4.79 Å². The Morgan fingerprint density at radius 3 is 2.40 bits per heavy atom. The van der Waals surface area contributed by atoms with Crippen molar-refractivity contribution in [1.29, 1.82) is 0 Å². The first-order valence-electron chi connectivity index (χ1n) is 9.94. The van der Waals surface area contributed by atoms with Crippen LogP contribution in [0.15, 0.2) is 67.0 Å². The molecule has 0 bridgehead atoms. The SMILES string of the molecule is NC(=O)c1ccccc1NC(=O)C1CCN(c2cc(-c3ccccc3)ncn2)CC1. The number of amides is 2. The number of anilines is 2. The van der Waals surface area contributed by atoms with E-state index in [1.54, 1.807) is 30.6 Å². The lowest BCUT2D eigenvalue weighted by Gasteiger charge is -2.32. The fourth-order valence-corrected chi connectivity index (χ4v) is 3.70. The second kappa shape index (κ2) is 8.73. The molecular formula is C23H23N5O2. The molecule has 1 aromatic heterocycles. The number of carbonyl (C=O) groups is 2. The molecule has 2 amide bonds. The van der Waals surface area contributed by atoms with Crippen LogP contribution in [0.4, 0.5) is 11.5 Å². The lowest BCUT2D eigenvalue weighted by molar-refractivity contribution is -0.120. The van der Waals surface area contributed by atoms with E-state index < -0.39 is 5.91 Å². The minimum atomic E-state index is -0.557. The molecule has 0 unspecified atom stereocenters. The molecule has 1 aliphatic rings. The third kappa shape index (κ3) is 4.30. The Hall–Kier alpha value is -3.74. The van der Waals surface area contributed by atoms with Crippen LogP contribution in [0, 0.1) is 5.92 Å². The van der Waals surface area contributed by atoms with Crippen molar-refractivity contribution >= 4 is 23.3 Å². The highest BCUT2D eigenvalue weighted by molar-refractivity contribution is 6.03. The number of benzene rings is 2. The summed E-state index contributed by atoms with van der Waals surface area (Å²) in [7, 11) is 0. The van der Waals surface area contributed by atoms with Crippen LogP contribution in [0.25, 0.3) is 11.3 Å². The number of nitrogens with one attached hydrogen (secondary N) is 1. The summed E-state index contributed by atoms with van der Waals surface area (Å²) < 4.78 is 0. The standard InChI is InChI=1S/C23H23N5O2/c24-22(29)18-8-4-5-9-19(18)27-23(30)17-10-12-28(13-11-17)21-14-20(25-15-26-21)16-6-2-1-3-7-16/h1-9,14-15,17H,10-13H2,(H2,24,29)(H,27,30). The van der Waals surface area contributed by atoms with E-state index in [0.717, 1.165) is 30.2 Å². The largest absolute Gasteiger partial charge is 0.366 e. The average molecular weight is 401 g/mol. The lowest BCUT2D eigenvalue weighted by atomic mass is 9.95. The molecule has 0 aliphatic carbocycles. The minimum absolute atomic E-state index is 0.0870. The fraction of sp³-hybridized carbons (Fsp3) is 0.217. The molecule has 7 nitrogen and oxygen atoms in total. The molecule has 1 aliphatic heterocycles. The van der Waals surface area contributed by atoms with Gasteiger partial charge in [0.15, 0.2) is 0 Å². The number of hydrogen-bond acceptors (Lipinski definition) is 5. The Morgan fingerprint density at radius 2 is 1.67 bits per heavy atom. The smallest absolute Gasteiger partial charge is 0.250 e. The first kappa shape index (κ1) is 19.6. The van der Waals surface area contributed by atoms with E-state index in [4.69, 9.17) is 5.73 Å². The Labute approximate surface area is 175 Å². The van der Waals surface area contributed by atoms with Crippen LogP contribution >= 0.6 is 0 Å². The summed E-state index contributed by atoms with van der Waals surface area (Å²) in [5.41, 5.74) is 8.10. The van der Waals surface area contributed by atoms with Gasteiger partial charge in [-0.3, -0.25) is 9.59 Å². The predicted molar refractivity (Wildman–Crippen MR) is 116 cm³/mol. The highest BCUT2D eigenvalue weighted by Crippen LogP contribution is 2.26. The van der Waals surface area contributed by atoms with Crippen molar-refractivity contribution in [2.75, 3.05) is 23.3 Å². The minimum Gasteiger partial charge on any atom is -0.366 e. The van der Waals surface area contributed by atoms with Crippen molar-refractivity contribution in [2.45, 2.75) is 12.8 Å². The number of nitrogens with zero attached hydrogens (tertiary/aromatic N) is 3. The second-order valence-corrected chi connectivity index (χ2v) is 7.29. The molecule has 2 heterocycles. The summed E-state index contributed by atoms with van der Waals surface area (Å²) in [5.74, 6) is 0.0918. The normalized spacial score (nSPS) is 14.3. The zero-order valence-electron chi connectivity index (χ0n) is 16.5. The summed E-state index contributed by atoms with van der Waals surface area (Å²) in [6.45, 7) is 1.45. The van der Waals surface area contributed by atoms with Crippen molar-refractivity contribution in [1.82, 2.24) is 9.97 Å². The van der Waals surface area contributed by atoms with Gasteiger partial charge >= 0.3 is 0 Å². The Bertz CT molecular complexity index is 1050. The molecule has 0 atom stereocenters. The van der Waals surface area contributed by atoms with E-state index in [-0.39, 0.29) is 11.8 Å². The van der Waals surface area contributed by atoms with E-state index in [9.17, 15) is 9.59 Å². The van der Waals surface area contributed by atoms with Crippen molar-refractivity contribution < 1.29 is 9.59 Å². The maximum absolute atomic E-state index is 12.7. The van der Waals surface area contributed by atoms with Crippen LogP contribution in [0.2, 0.25) is 0 Å². The Balaban J connectivity index is 1.40. The first-order chi connectivity index (χ1) is 14.6. The van der Waals surface area contributed by atoms with E-state index in [1.807, 2.05) is 36.4 Å².